The molecule has 0 fully saturated rings. The van der Waals surface area contributed by atoms with E-state index < -0.39 is 6.10 Å². The number of hydrogen-bond donors (Lipinski definition) is 0. The molecule has 1 atom stereocenters. The van der Waals surface area contributed by atoms with Crippen LogP contribution in [0.2, 0.25) is 0 Å². The number of rotatable bonds is 45. The second-order valence-electron chi connectivity index (χ2n) is 17.6. The highest BCUT2D eigenvalue weighted by Gasteiger charge is 2.19. The van der Waals surface area contributed by atoms with Crippen LogP contribution in [0, 0.1) is 5.92 Å². The maximum atomic E-state index is 12.7. The van der Waals surface area contributed by atoms with Gasteiger partial charge in [-0.1, -0.05) is 240 Å². The van der Waals surface area contributed by atoms with Crippen molar-refractivity contribution in [2.45, 2.75) is 284 Å². The quantitative estimate of drug-likeness (QED) is 0.0347. The van der Waals surface area contributed by atoms with Crippen molar-refractivity contribution in [3.05, 3.63) is 0 Å². The van der Waals surface area contributed by atoms with Gasteiger partial charge >= 0.3 is 17.9 Å². The van der Waals surface area contributed by atoms with Crippen LogP contribution < -0.4 is 0 Å². The summed E-state index contributed by atoms with van der Waals surface area (Å²) >= 11 is 0. The van der Waals surface area contributed by atoms with E-state index in [-0.39, 0.29) is 31.1 Å². The van der Waals surface area contributed by atoms with E-state index in [1.165, 1.54) is 173 Å². The number of carbonyl (C=O) groups excluding carboxylic acids is 3. The summed E-state index contributed by atoms with van der Waals surface area (Å²) in [7, 11) is 0. The number of hydrogen-bond acceptors (Lipinski definition) is 6. The first-order chi connectivity index (χ1) is 27.4. The fourth-order valence-electron chi connectivity index (χ4n) is 7.51. The molecule has 0 saturated carbocycles. The van der Waals surface area contributed by atoms with Crippen LogP contribution in [0.4, 0.5) is 0 Å². The van der Waals surface area contributed by atoms with Gasteiger partial charge in [-0.2, -0.15) is 0 Å². The second kappa shape index (κ2) is 44.5. The molecule has 0 aromatic carbocycles. The summed E-state index contributed by atoms with van der Waals surface area (Å²) in [6.07, 6.45) is 45.1. The molecule has 0 aliphatic rings. The van der Waals surface area contributed by atoms with Gasteiger partial charge in [0, 0.05) is 19.3 Å². The van der Waals surface area contributed by atoms with E-state index in [1.807, 2.05) is 0 Å². The average molecular weight is 793 g/mol. The van der Waals surface area contributed by atoms with E-state index in [1.54, 1.807) is 0 Å². The molecule has 0 aromatic rings. The predicted molar refractivity (Wildman–Crippen MR) is 238 cm³/mol. The Morgan fingerprint density at radius 2 is 0.589 bits per heavy atom. The summed E-state index contributed by atoms with van der Waals surface area (Å²) < 4.78 is 16.8. The summed E-state index contributed by atoms with van der Waals surface area (Å²) in [4.78, 5) is 37.8. The largest absolute Gasteiger partial charge is 0.462 e. The first-order valence-electron chi connectivity index (χ1n) is 24.9. The first-order valence-corrected chi connectivity index (χ1v) is 24.9. The lowest BCUT2D eigenvalue weighted by molar-refractivity contribution is -0.167. The minimum atomic E-state index is -0.759. The van der Waals surface area contributed by atoms with Crippen LogP contribution in [0.5, 0.6) is 0 Å². The molecule has 0 aliphatic heterocycles. The molecule has 6 heteroatoms. The van der Waals surface area contributed by atoms with Crippen LogP contribution in [-0.2, 0) is 28.6 Å². The van der Waals surface area contributed by atoms with Gasteiger partial charge in [0.05, 0.1) is 0 Å². The van der Waals surface area contributed by atoms with Crippen molar-refractivity contribution in [3.8, 4) is 0 Å². The van der Waals surface area contributed by atoms with Crippen molar-refractivity contribution >= 4 is 17.9 Å². The lowest BCUT2D eigenvalue weighted by Gasteiger charge is -2.18. The fourth-order valence-corrected chi connectivity index (χ4v) is 7.51. The van der Waals surface area contributed by atoms with Crippen molar-refractivity contribution in [2.75, 3.05) is 13.2 Å². The molecule has 0 aliphatic carbocycles. The highest BCUT2D eigenvalue weighted by molar-refractivity contribution is 5.71. The van der Waals surface area contributed by atoms with Crippen molar-refractivity contribution in [2.24, 2.45) is 5.92 Å². The smallest absolute Gasteiger partial charge is 0.306 e. The Balaban J connectivity index is 4.27. The van der Waals surface area contributed by atoms with E-state index in [4.69, 9.17) is 14.2 Å². The topological polar surface area (TPSA) is 78.9 Å². The van der Waals surface area contributed by atoms with Crippen LogP contribution in [0.15, 0.2) is 0 Å². The Bertz CT molecular complexity index is 841. The summed E-state index contributed by atoms with van der Waals surface area (Å²) in [6, 6.07) is 0. The van der Waals surface area contributed by atoms with Gasteiger partial charge in [0.1, 0.15) is 13.2 Å². The normalized spacial score (nSPS) is 11.9. The van der Waals surface area contributed by atoms with Crippen molar-refractivity contribution < 1.29 is 28.6 Å². The molecule has 0 unspecified atom stereocenters. The molecule has 0 heterocycles. The van der Waals surface area contributed by atoms with Gasteiger partial charge in [0.15, 0.2) is 6.10 Å². The standard InChI is InChI=1S/C50H96O6/c1-5-7-9-11-13-15-16-18-23-27-31-35-39-43-50(53)56-47(44-54-48(51)41-37-33-29-24-14-12-10-8-6-2)45-55-49(52)42-38-34-30-26-22-20-17-19-21-25-28-32-36-40-46(3)4/h46-47H,5-45H2,1-4H3/t47-/m1/s1. The third-order valence-corrected chi connectivity index (χ3v) is 11.3. The SMILES string of the molecule is CCCCCCCCCCCCCCCC(=O)O[C@H](COC(=O)CCCCCCCCCCC)COC(=O)CCCCCCCCCCCCCCCC(C)C. The van der Waals surface area contributed by atoms with Crippen LogP contribution in [-0.4, -0.2) is 37.2 Å². The number of unbranched alkanes of at least 4 members (excludes halogenated alkanes) is 32. The molecule has 0 spiro atoms. The van der Waals surface area contributed by atoms with Crippen LogP contribution in [0.1, 0.15) is 278 Å². The van der Waals surface area contributed by atoms with Gasteiger partial charge in [0.2, 0.25) is 0 Å². The highest BCUT2D eigenvalue weighted by Crippen LogP contribution is 2.17. The molecule has 0 N–H and O–H groups in total. The van der Waals surface area contributed by atoms with Crippen molar-refractivity contribution in [1.82, 2.24) is 0 Å². The molecule has 0 radical (unpaired) electrons. The Labute approximate surface area is 348 Å². The van der Waals surface area contributed by atoms with Crippen molar-refractivity contribution in [1.29, 1.82) is 0 Å². The second-order valence-corrected chi connectivity index (χ2v) is 17.6. The molecule has 0 saturated heterocycles. The van der Waals surface area contributed by atoms with Crippen LogP contribution in [0.3, 0.4) is 0 Å². The number of esters is 3. The minimum absolute atomic E-state index is 0.0631. The van der Waals surface area contributed by atoms with E-state index in [0.717, 1.165) is 63.7 Å². The number of ether oxygens (including phenoxy) is 3. The molecular formula is C50H96O6. The van der Waals surface area contributed by atoms with Gasteiger partial charge in [-0.25, -0.2) is 0 Å². The average Bonchev–Trinajstić information content (AvgIpc) is 3.18. The van der Waals surface area contributed by atoms with Gasteiger partial charge in [-0.3, -0.25) is 14.4 Å². The monoisotopic (exact) mass is 793 g/mol. The molecule has 0 amide bonds. The zero-order chi connectivity index (χ0) is 41.0. The third kappa shape index (κ3) is 43.5. The lowest BCUT2D eigenvalue weighted by atomic mass is 10.0. The Kier molecular flexibility index (Phi) is 43.2. The molecule has 56 heavy (non-hydrogen) atoms. The van der Waals surface area contributed by atoms with Gasteiger partial charge < -0.3 is 14.2 Å². The van der Waals surface area contributed by atoms with Gasteiger partial charge in [-0.05, 0) is 25.2 Å². The molecule has 0 bridgehead atoms. The van der Waals surface area contributed by atoms with Crippen molar-refractivity contribution in [3.63, 3.8) is 0 Å². The Morgan fingerprint density at radius 1 is 0.339 bits per heavy atom. The van der Waals surface area contributed by atoms with E-state index in [9.17, 15) is 14.4 Å². The van der Waals surface area contributed by atoms with Gasteiger partial charge in [-0.15, -0.1) is 0 Å². The zero-order valence-electron chi connectivity index (χ0n) is 38.1. The minimum Gasteiger partial charge on any atom is -0.462 e. The predicted octanol–water partition coefficient (Wildman–Crippen LogP) is 15.9. The maximum Gasteiger partial charge on any atom is 0.306 e. The van der Waals surface area contributed by atoms with E-state index in [2.05, 4.69) is 27.7 Å². The fraction of sp³-hybridized carbons (Fsp3) is 0.940. The summed E-state index contributed by atoms with van der Waals surface area (Å²) in [5, 5.41) is 0. The third-order valence-electron chi connectivity index (χ3n) is 11.3. The van der Waals surface area contributed by atoms with Crippen LogP contribution in [0.25, 0.3) is 0 Å². The molecule has 0 rings (SSSR count). The zero-order valence-corrected chi connectivity index (χ0v) is 38.1. The molecular weight excluding hydrogens is 697 g/mol. The van der Waals surface area contributed by atoms with Crippen LogP contribution >= 0.6 is 0 Å². The Morgan fingerprint density at radius 3 is 0.875 bits per heavy atom. The van der Waals surface area contributed by atoms with E-state index >= 15 is 0 Å². The van der Waals surface area contributed by atoms with Gasteiger partial charge in [0.25, 0.3) is 0 Å². The molecule has 332 valence electrons. The number of carbonyl (C=O) groups is 3. The summed E-state index contributed by atoms with van der Waals surface area (Å²) in [5.74, 6) is -0.00963. The lowest BCUT2D eigenvalue weighted by Crippen LogP contribution is -2.30. The maximum absolute atomic E-state index is 12.7. The molecule has 0 aromatic heterocycles. The summed E-state index contributed by atoms with van der Waals surface area (Å²) in [5.41, 5.74) is 0. The highest BCUT2D eigenvalue weighted by atomic mass is 16.6. The summed E-state index contributed by atoms with van der Waals surface area (Å²) in [6.45, 7) is 9.01. The van der Waals surface area contributed by atoms with E-state index in [0.29, 0.717) is 19.3 Å². The first kappa shape index (κ1) is 54.4. The molecule has 6 nitrogen and oxygen atoms in total. The Hall–Kier alpha value is -1.59.